The van der Waals surface area contributed by atoms with Gasteiger partial charge in [-0.3, -0.25) is 0 Å². The summed E-state index contributed by atoms with van der Waals surface area (Å²) in [5.41, 5.74) is 0.909. The molecule has 0 spiro atoms. The molecule has 4 nitrogen and oxygen atoms in total. The molecule has 2 N–H and O–H groups in total. The Kier molecular flexibility index (Phi) is 5.43. The molecule has 0 heterocycles. The minimum atomic E-state index is -3.45. The number of sulfonamides is 1. The van der Waals surface area contributed by atoms with Crippen LogP contribution in [0.15, 0.2) is 23.1 Å². The molecule has 0 radical (unpaired) electrons. The molecule has 1 fully saturated rings. The summed E-state index contributed by atoms with van der Waals surface area (Å²) in [7, 11) is -3.45. The van der Waals surface area contributed by atoms with Crippen molar-refractivity contribution in [1.29, 1.82) is 0 Å². The normalized spacial score (nSPS) is 16.1. The van der Waals surface area contributed by atoms with Gasteiger partial charge in [0.25, 0.3) is 0 Å². The summed E-state index contributed by atoms with van der Waals surface area (Å²) in [5, 5.41) is 3.65. The summed E-state index contributed by atoms with van der Waals surface area (Å²) in [5.74, 6) is 0.494. The lowest BCUT2D eigenvalue weighted by Crippen LogP contribution is -2.32. The first kappa shape index (κ1) is 15.8. The second-order valence-electron chi connectivity index (χ2n) is 5.18. The average Bonchev–Trinajstić information content (AvgIpc) is 2.35. The summed E-state index contributed by atoms with van der Waals surface area (Å²) < 4.78 is 27.0. The van der Waals surface area contributed by atoms with E-state index in [4.69, 9.17) is 11.6 Å². The highest BCUT2D eigenvalue weighted by molar-refractivity contribution is 7.89. The van der Waals surface area contributed by atoms with E-state index in [9.17, 15) is 8.42 Å². The summed E-state index contributed by atoms with van der Waals surface area (Å²) in [6.07, 6.45) is 3.44. The van der Waals surface area contributed by atoms with Gasteiger partial charge in [-0.25, -0.2) is 13.1 Å². The summed E-state index contributed by atoms with van der Waals surface area (Å²) in [4.78, 5) is 0.238. The zero-order chi connectivity index (χ0) is 14.6. The first-order valence-corrected chi connectivity index (χ1v) is 8.88. The number of halogens is 1. The van der Waals surface area contributed by atoms with Gasteiger partial charge in [0.2, 0.25) is 10.0 Å². The fourth-order valence-electron chi connectivity index (χ4n) is 2.11. The Labute approximate surface area is 126 Å². The highest BCUT2D eigenvalue weighted by Gasteiger charge is 2.21. The average molecular weight is 317 g/mol. The van der Waals surface area contributed by atoms with Gasteiger partial charge in [-0.2, -0.15) is 0 Å². The Bertz CT molecular complexity index is 556. The van der Waals surface area contributed by atoms with Crippen LogP contribution in [-0.4, -0.2) is 21.5 Å². The van der Waals surface area contributed by atoms with E-state index in [1.54, 1.807) is 12.1 Å². The van der Waals surface area contributed by atoms with E-state index in [1.165, 1.54) is 12.5 Å². The molecule has 112 valence electrons. The van der Waals surface area contributed by atoms with Crippen LogP contribution in [0.2, 0.25) is 5.02 Å². The molecule has 0 amide bonds. The summed E-state index contributed by atoms with van der Waals surface area (Å²) in [6, 6.07) is 4.90. The van der Waals surface area contributed by atoms with Crippen molar-refractivity contribution in [3.05, 3.63) is 28.8 Å². The zero-order valence-electron chi connectivity index (χ0n) is 11.7. The van der Waals surface area contributed by atoms with Gasteiger partial charge in [0.15, 0.2) is 0 Å². The molecular weight excluding hydrogens is 296 g/mol. The van der Waals surface area contributed by atoms with E-state index >= 15 is 0 Å². The van der Waals surface area contributed by atoms with E-state index in [1.807, 2.05) is 6.92 Å². The highest BCUT2D eigenvalue weighted by Crippen LogP contribution is 2.26. The summed E-state index contributed by atoms with van der Waals surface area (Å²) in [6.45, 7) is 4.03. The van der Waals surface area contributed by atoms with Crippen LogP contribution >= 0.6 is 11.6 Å². The van der Waals surface area contributed by atoms with Crippen molar-refractivity contribution in [2.75, 3.05) is 13.1 Å². The molecule has 0 saturated heterocycles. The number of hydrogen-bond acceptors (Lipinski definition) is 3. The second-order valence-corrected chi connectivity index (χ2v) is 7.36. The zero-order valence-corrected chi connectivity index (χ0v) is 13.2. The first-order chi connectivity index (χ1) is 9.53. The van der Waals surface area contributed by atoms with Crippen molar-refractivity contribution < 1.29 is 8.42 Å². The van der Waals surface area contributed by atoms with Crippen molar-refractivity contribution in [3.63, 3.8) is 0 Å². The molecule has 1 aromatic rings. The Morgan fingerprint density at radius 1 is 1.35 bits per heavy atom. The molecular formula is C14H21ClN2O2S. The van der Waals surface area contributed by atoms with Gasteiger partial charge in [-0.1, -0.05) is 31.0 Å². The Morgan fingerprint density at radius 2 is 2.10 bits per heavy atom. The molecule has 20 heavy (non-hydrogen) atoms. The van der Waals surface area contributed by atoms with E-state index in [0.29, 0.717) is 24.0 Å². The van der Waals surface area contributed by atoms with Crippen LogP contribution in [0, 0.1) is 5.92 Å². The molecule has 1 saturated carbocycles. The van der Waals surface area contributed by atoms with Gasteiger partial charge in [0, 0.05) is 18.1 Å². The molecule has 6 heteroatoms. The first-order valence-electron chi connectivity index (χ1n) is 7.01. The predicted octanol–water partition coefficient (Wildman–Crippen LogP) is 2.53. The van der Waals surface area contributed by atoms with Gasteiger partial charge in [-0.15, -0.1) is 0 Å². The van der Waals surface area contributed by atoms with Crippen LogP contribution in [0.25, 0.3) is 0 Å². The topological polar surface area (TPSA) is 58.2 Å². The van der Waals surface area contributed by atoms with Crippen LogP contribution in [0.5, 0.6) is 0 Å². The maximum atomic E-state index is 12.2. The fraction of sp³-hybridized carbons (Fsp3) is 0.571. The van der Waals surface area contributed by atoms with Crippen LogP contribution in [0.3, 0.4) is 0 Å². The maximum absolute atomic E-state index is 12.2. The third-order valence-corrected chi connectivity index (χ3v) is 5.46. The quantitative estimate of drug-likeness (QED) is 0.812. The molecule has 1 aromatic carbocycles. The van der Waals surface area contributed by atoms with E-state index in [2.05, 4.69) is 10.0 Å². The van der Waals surface area contributed by atoms with Crippen LogP contribution < -0.4 is 10.0 Å². The Hall–Kier alpha value is -0.620. The molecule has 0 atom stereocenters. The number of nitrogens with one attached hydrogen (secondary N) is 2. The lowest BCUT2D eigenvalue weighted by Gasteiger charge is -2.25. The molecule has 0 aliphatic heterocycles. The van der Waals surface area contributed by atoms with Crippen molar-refractivity contribution in [3.8, 4) is 0 Å². The van der Waals surface area contributed by atoms with E-state index < -0.39 is 10.0 Å². The van der Waals surface area contributed by atoms with Crippen LogP contribution in [0.4, 0.5) is 0 Å². The fourth-order valence-corrected chi connectivity index (χ4v) is 3.56. The Balaban J connectivity index is 2.04. The van der Waals surface area contributed by atoms with Gasteiger partial charge in [-0.05, 0) is 43.0 Å². The van der Waals surface area contributed by atoms with Crippen molar-refractivity contribution >= 4 is 21.6 Å². The van der Waals surface area contributed by atoms with E-state index in [-0.39, 0.29) is 4.90 Å². The maximum Gasteiger partial charge on any atom is 0.240 e. The molecule has 0 unspecified atom stereocenters. The van der Waals surface area contributed by atoms with Gasteiger partial charge < -0.3 is 5.32 Å². The van der Waals surface area contributed by atoms with Crippen molar-refractivity contribution in [1.82, 2.24) is 10.0 Å². The molecule has 2 rings (SSSR count). The number of rotatable bonds is 7. The largest absolute Gasteiger partial charge is 0.313 e. The minimum Gasteiger partial charge on any atom is -0.313 e. The van der Waals surface area contributed by atoms with E-state index in [0.717, 1.165) is 24.9 Å². The number of benzene rings is 1. The van der Waals surface area contributed by atoms with Crippen LogP contribution in [-0.2, 0) is 16.6 Å². The standard InChI is InChI=1S/C14H21ClN2O2S/c1-2-16-10-12-6-7-13(8-14(12)15)20(18,19)17-9-11-4-3-5-11/h6-8,11,16-17H,2-5,9-10H2,1H3. The van der Waals surface area contributed by atoms with Crippen molar-refractivity contribution in [2.24, 2.45) is 5.92 Å². The summed E-state index contributed by atoms with van der Waals surface area (Å²) >= 11 is 6.14. The third kappa shape index (κ3) is 3.95. The van der Waals surface area contributed by atoms with Gasteiger partial charge in [0.05, 0.1) is 4.90 Å². The molecule has 1 aliphatic rings. The van der Waals surface area contributed by atoms with Crippen LogP contribution in [0.1, 0.15) is 31.7 Å². The second kappa shape index (κ2) is 6.89. The monoisotopic (exact) mass is 316 g/mol. The van der Waals surface area contributed by atoms with Crippen molar-refractivity contribution in [2.45, 2.75) is 37.6 Å². The molecule has 0 bridgehead atoms. The Morgan fingerprint density at radius 3 is 2.65 bits per heavy atom. The lowest BCUT2D eigenvalue weighted by atomic mass is 9.86. The lowest BCUT2D eigenvalue weighted by molar-refractivity contribution is 0.316. The molecule has 0 aromatic heterocycles. The van der Waals surface area contributed by atoms with Gasteiger partial charge >= 0.3 is 0 Å². The third-order valence-electron chi connectivity index (χ3n) is 3.69. The predicted molar refractivity (Wildman–Crippen MR) is 81.4 cm³/mol. The van der Waals surface area contributed by atoms with Gasteiger partial charge in [0.1, 0.15) is 0 Å². The minimum absolute atomic E-state index is 0.238. The molecule has 1 aliphatic carbocycles. The smallest absolute Gasteiger partial charge is 0.240 e. The number of hydrogen-bond donors (Lipinski definition) is 2. The SMILES string of the molecule is CCNCc1ccc(S(=O)(=O)NCC2CCC2)cc1Cl. The highest BCUT2D eigenvalue weighted by atomic mass is 35.5.